The average Bonchev–Trinajstić information content (AvgIpc) is 2.28. The third kappa shape index (κ3) is 2.90. The highest BCUT2D eigenvalue weighted by Crippen LogP contribution is 2.21. The molecule has 0 bridgehead atoms. The third-order valence-electron chi connectivity index (χ3n) is 1.82. The van der Waals surface area contributed by atoms with E-state index in [2.05, 4.69) is 34.1 Å². The number of rotatable bonds is 4. The van der Waals surface area contributed by atoms with Gasteiger partial charge in [0.15, 0.2) is 0 Å². The quantitative estimate of drug-likeness (QED) is 0.364. The first kappa shape index (κ1) is 12.9. The Morgan fingerprint density at radius 1 is 1.44 bits per heavy atom. The van der Waals surface area contributed by atoms with E-state index in [0.717, 1.165) is 0 Å². The highest BCUT2D eigenvalue weighted by Gasteiger charge is 2.12. The number of halogens is 2. The molecule has 0 N–H and O–H groups in total. The molecule has 0 aromatic carbocycles. The summed E-state index contributed by atoms with van der Waals surface area (Å²) in [4.78, 5) is 15.9. The minimum atomic E-state index is -0.232. The fourth-order valence-electron chi connectivity index (χ4n) is 1.06. The third-order valence-corrected chi connectivity index (χ3v) is 2.97. The van der Waals surface area contributed by atoms with Crippen molar-refractivity contribution in [3.8, 4) is 0 Å². The van der Waals surface area contributed by atoms with Gasteiger partial charge in [0.2, 0.25) is 5.78 Å². The van der Waals surface area contributed by atoms with Crippen LogP contribution in [0.2, 0.25) is 5.15 Å². The summed E-state index contributed by atoms with van der Waals surface area (Å²) < 4.78 is 0.651. The maximum atomic E-state index is 11.9. The van der Waals surface area contributed by atoms with Gasteiger partial charge in [-0.05, 0) is 28.1 Å². The summed E-state index contributed by atoms with van der Waals surface area (Å²) in [6.07, 6.45) is 4.56. The van der Waals surface area contributed by atoms with E-state index in [1.807, 2.05) is 0 Å². The molecule has 4 heteroatoms. The number of Topliss-reactive ketones (excluding diaryl/α,β-unsaturated/α-hetero) is 1. The van der Waals surface area contributed by atoms with Gasteiger partial charge in [-0.2, -0.15) is 0 Å². The summed E-state index contributed by atoms with van der Waals surface area (Å²) in [5, 5.41) is 0.257. The molecule has 0 aliphatic heterocycles. The normalized spacial score (nSPS) is 11.0. The summed E-state index contributed by atoms with van der Waals surface area (Å²) >= 11 is 9.01. The molecule has 0 saturated heterocycles. The van der Waals surface area contributed by atoms with Gasteiger partial charge in [-0.1, -0.05) is 43.0 Å². The molecule has 16 heavy (non-hydrogen) atoms. The van der Waals surface area contributed by atoms with Crippen molar-refractivity contribution in [2.75, 3.05) is 0 Å². The lowest BCUT2D eigenvalue weighted by atomic mass is 10.1. The second kappa shape index (κ2) is 5.77. The zero-order valence-corrected chi connectivity index (χ0v) is 10.8. The van der Waals surface area contributed by atoms with Gasteiger partial charge in [0.25, 0.3) is 0 Å². The van der Waals surface area contributed by atoms with Crippen molar-refractivity contribution in [3.05, 3.63) is 64.4 Å². The van der Waals surface area contributed by atoms with Crippen molar-refractivity contribution in [2.24, 2.45) is 0 Å². The van der Waals surface area contributed by atoms with Crippen LogP contribution in [0.3, 0.4) is 0 Å². The zero-order valence-electron chi connectivity index (χ0n) is 8.41. The molecule has 1 rings (SSSR count). The van der Waals surface area contributed by atoms with E-state index in [9.17, 15) is 4.79 Å². The standard InChI is InChI=1S/C12H9BrClNO/c1-3-5-8(4-2)11(16)10-7-6-9(13)12(14)15-10/h3-7H,1-2H2/b8-5+. The monoisotopic (exact) mass is 297 g/mol. The lowest BCUT2D eigenvalue weighted by molar-refractivity contribution is 0.103. The number of pyridine rings is 1. The fourth-order valence-corrected chi connectivity index (χ4v) is 1.43. The van der Waals surface area contributed by atoms with Gasteiger partial charge in [0.05, 0.1) is 4.47 Å². The van der Waals surface area contributed by atoms with Gasteiger partial charge in [-0.25, -0.2) is 4.98 Å². The summed E-state index contributed by atoms with van der Waals surface area (Å²) in [5.74, 6) is -0.232. The molecule has 0 radical (unpaired) electrons. The van der Waals surface area contributed by atoms with Crippen molar-refractivity contribution >= 4 is 33.3 Å². The molecule has 0 aliphatic carbocycles. The summed E-state index contributed by atoms with van der Waals surface area (Å²) in [7, 11) is 0. The largest absolute Gasteiger partial charge is 0.287 e. The Bertz CT molecular complexity index is 480. The van der Waals surface area contributed by atoms with E-state index in [1.165, 1.54) is 12.2 Å². The number of hydrogen-bond donors (Lipinski definition) is 0. The highest BCUT2D eigenvalue weighted by molar-refractivity contribution is 9.10. The number of carbonyl (C=O) groups excluding carboxylic acids is 1. The van der Waals surface area contributed by atoms with Crippen LogP contribution in [0.1, 0.15) is 10.5 Å². The molecule has 1 heterocycles. The van der Waals surface area contributed by atoms with Crippen LogP contribution in [0.15, 0.2) is 53.6 Å². The predicted molar refractivity (Wildman–Crippen MR) is 69.8 cm³/mol. The van der Waals surface area contributed by atoms with Gasteiger partial charge in [0.1, 0.15) is 10.8 Å². The molecular formula is C12H9BrClNO. The molecule has 82 valence electrons. The van der Waals surface area contributed by atoms with E-state index in [-0.39, 0.29) is 16.6 Å². The van der Waals surface area contributed by atoms with E-state index in [1.54, 1.807) is 18.2 Å². The number of hydrogen-bond acceptors (Lipinski definition) is 2. The Hall–Kier alpha value is -1.19. The Morgan fingerprint density at radius 3 is 2.62 bits per heavy atom. The molecule has 2 nitrogen and oxygen atoms in total. The number of carbonyl (C=O) groups is 1. The van der Waals surface area contributed by atoms with Gasteiger partial charge in [-0.3, -0.25) is 4.79 Å². The molecule has 0 saturated carbocycles. The first-order chi connectivity index (χ1) is 7.60. The van der Waals surface area contributed by atoms with Crippen molar-refractivity contribution in [1.82, 2.24) is 4.98 Å². The van der Waals surface area contributed by atoms with Crippen molar-refractivity contribution in [3.63, 3.8) is 0 Å². The van der Waals surface area contributed by atoms with Gasteiger partial charge < -0.3 is 0 Å². The Balaban J connectivity index is 3.14. The van der Waals surface area contributed by atoms with Crippen molar-refractivity contribution in [2.45, 2.75) is 0 Å². The fraction of sp³-hybridized carbons (Fsp3) is 0. The zero-order chi connectivity index (χ0) is 12.1. The SMILES string of the molecule is C=C/C=C(\C=C)C(=O)c1ccc(Br)c(Cl)n1. The number of nitrogens with zero attached hydrogens (tertiary/aromatic N) is 1. The van der Waals surface area contributed by atoms with E-state index < -0.39 is 0 Å². The molecule has 0 spiro atoms. The van der Waals surface area contributed by atoms with Crippen LogP contribution < -0.4 is 0 Å². The molecule has 1 aromatic rings. The van der Waals surface area contributed by atoms with Crippen LogP contribution in [0.25, 0.3) is 0 Å². The summed E-state index contributed by atoms with van der Waals surface area (Å²) in [6, 6.07) is 3.27. The lowest BCUT2D eigenvalue weighted by Gasteiger charge is -2.02. The Kier molecular flexibility index (Phi) is 4.65. The minimum Gasteiger partial charge on any atom is -0.287 e. The lowest BCUT2D eigenvalue weighted by Crippen LogP contribution is -2.04. The van der Waals surface area contributed by atoms with E-state index in [4.69, 9.17) is 11.6 Å². The van der Waals surface area contributed by atoms with Crippen LogP contribution in [0.4, 0.5) is 0 Å². The van der Waals surface area contributed by atoms with Crippen molar-refractivity contribution < 1.29 is 4.79 Å². The maximum absolute atomic E-state index is 11.9. The first-order valence-corrected chi connectivity index (χ1v) is 5.59. The summed E-state index contributed by atoms with van der Waals surface area (Å²) in [6.45, 7) is 7.09. The first-order valence-electron chi connectivity index (χ1n) is 4.42. The van der Waals surface area contributed by atoms with Crippen molar-refractivity contribution in [1.29, 1.82) is 0 Å². The van der Waals surface area contributed by atoms with E-state index in [0.29, 0.717) is 10.0 Å². The smallest absolute Gasteiger partial charge is 0.211 e. The topological polar surface area (TPSA) is 30.0 Å². The number of allylic oxidation sites excluding steroid dienone is 4. The van der Waals surface area contributed by atoms with Crippen LogP contribution in [0.5, 0.6) is 0 Å². The number of ketones is 1. The van der Waals surface area contributed by atoms with Gasteiger partial charge in [0, 0.05) is 5.57 Å². The predicted octanol–water partition coefficient (Wildman–Crippen LogP) is 3.98. The minimum absolute atomic E-state index is 0.232. The average molecular weight is 299 g/mol. The molecule has 0 aliphatic rings. The second-order valence-corrected chi connectivity index (χ2v) is 4.07. The summed E-state index contributed by atoms with van der Waals surface area (Å²) in [5.41, 5.74) is 0.710. The molecule has 0 fully saturated rings. The Labute approximate surface area is 107 Å². The second-order valence-electron chi connectivity index (χ2n) is 2.86. The number of aromatic nitrogens is 1. The molecular weight excluding hydrogens is 289 g/mol. The van der Waals surface area contributed by atoms with Gasteiger partial charge >= 0.3 is 0 Å². The van der Waals surface area contributed by atoms with E-state index >= 15 is 0 Å². The van der Waals surface area contributed by atoms with Crippen LogP contribution in [-0.4, -0.2) is 10.8 Å². The van der Waals surface area contributed by atoms with Crippen LogP contribution in [-0.2, 0) is 0 Å². The Morgan fingerprint density at radius 2 is 2.12 bits per heavy atom. The maximum Gasteiger partial charge on any atom is 0.211 e. The van der Waals surface area contributed by atoms with Crippen LogP contribution >= 0.6 is 27.5 Å². The molecule has 1 aromatic heterocycles. The molecule has 0 unspecified atom stereocenters. The highest BCUT2D eigenvalue weighted by atomic mass is 79.9. The molecule has 0 amide bonds. The van der Waals surface area contributed by atoms with Crippen LogP contribution in [0, 0.1) is 0 Å². The molecule has 0 atom stereocenters. The van der Waals surface area contributed by atoms with Gasteiger partial charge in [-0.15, -0.1) is 0 Å².